The number of rotatable bonds is 2. The molecule has 22 heavy (non-hydrogen) atoms. The van der Waals surface area contributed by atoms with E-state index in [-0.39, 0.29) is 0 Å². The SMILES string of the molecule is Oc1ccc2cc(-c3ccc(-c4ccccc4)s3)ccc2c1. The Morgan fingerprint density at radius 2 is 1.27 bits per heavy atom. The predicted molar refractivity (Wildman–Crippen MR) is 94.4 cm³/mol. The molecule has 0 aliphatic heterocycles. The minimum atomic E-state index is 0.308. The standard InChI is InChI=1S/C20H14OS/c21-18-9-8-15-12-17(7-6-16(15)13-18)20-11-10-19(22-20)14-4-2-1-3-5-14/h1-13,21H. The van der Waals surface area contributed by atoms with E-state index >= 15 is 0 Å². The first-order valence-corrected chi connectivity index (χ1v) is 8.00. The molecule has 1 heterocycles. The van der Waals surface area contributed by atoms with Crippen molar-refractivity contribution in [1.82, 2.24) is 0 Å². The number of hydrogen-bond donors (Lipinski definition) is 1. The van der Waals surface area contributed by atoms with Gasteiger partial charge in [-0.25, -0.2) is 0 Å². The van der Waals surface area contributed by atoms with Gasteiger partial charge in [0, 0.05) is 9.75 Å². The molecule has 0 fully saturated rings. The van der Waals surface area contributed by atoms with Gasteiger partial charge in [-0.2, -0.15) is 0 Å². The van der Waals surface area contributed by atoms with Crippen molar-refractivity contribution in [3.63, 3.8) is 0 Å². The third kappa shape index (κ3) is 2.38. The fourth-order valence-electron chi connectivity index (χ4n) is 2.64. The van der Waals surface area contributed by atoms with Crippen molar-refractivity contribution < 1.29 is 5.11 Å². The highest BCUT2D eigenvalue weighted by Crippen LogP contribution is 2.35. The lowest BCUT2D eigenvalue weighted by molar-refractivity contribution is 0.476. The summed E-state index contributed by atoms with van der Waals surface area (Å²) in [6, 6.07) is 26.6. The lowest BCUT2D eigenvalue weighted by Gasteiger charge is -2.02. The fraction of sp³-hybridized carbons (Fsp3) is 0. The van der Waals surface area contributed by atoms with Crippen molar-refractivity contribution in [3.05, 3.63) is 78.9 Å². The van der Waals surface area contributed by atoms with E-state index in [1.54, 1.807) is 23.5 Å². The number of phenols is 1. The van der Waals surface area contributed by atoms with Gasteiger partial charge in [0.15, 0.2) is 0 Å². The first kappa shape index (κ1) is 13.1. The van der Waals surface area contributed by atoms with Crippen molar-refractivity contribution in [2.24, 2.45) is 0 Å². The van der Waals surface area contributed by atoms with Gasteiger partial charge in [-0.1, -0.05) is 48.5 Å². The Morgan fingerprint density at radius 1 is 0.591 bits per heavy atom. The second kappa shape index (κ2) is 5.32. The maximum atomic E-state index is 9.55. The van der Waals surface area contributed by atoms with E-state index in [1.165, 1.54) is 20.9 Å². The highest BCUT2D eigenvalue weighted by molar-refractivity contribution is 7.18. The zero-order valence-electron chi connectivity index (χ0n) is 11.9. The minimum absolute atomic E-state index is 0.308. The molecule has 0 bridgehead atoms. The molecule has 0 amide bonds. The Hall–Kier alpha value is -2.58. The molecule has 1 N–H and O–H groups in total. The van der Waals surface area contributed by atoms with Crippen LogP contribution >= 0.6 is 11.3 Å². The molecule has 2 heteroatoms. The quantitative estimate of drug-likeness (QED) is 0.486. The van der Waals surface area contributed by atoms with Crippen LogP contribution in [0.15, 0.2) is 78.9 Å². The summed E-state index contributed by atoms with van der Waals surface area (Å²) >= 11 is 1.80. The molecular weight excluding hydrogens is 288 g/mol. The molecule has 0 saturated carbocycles. The first-order valence-electron chi connectivity index (χ1n) is 7.18. The normalized spacial score (nSPS) is 10.9. The molecule has 0 spiro atoms. The third-order valence-electron chi connectivity index (χ3n) is 3.77. The molecule has 4 rings (SSSR count). The average molecular weight is 302 g/mol. The number of thiophene rings is 1. The van der Waals surface area contributed by atoms with E-state index in [0.717, 1.165) is 10.8 Å². The first-order chi connectivity index (χ1) is 10.8. The smallest absolute Gasteiger partial charge is 0.116 e. The lowest BCUT2D eigenvalue weighted by atomic mass is 10.1. The molecule has 1 aromatic heterocycles. The zero-order valence-corrected chi connectivity index (χ0v) is 12.7. The van der Waals surface area contributed by atoms with Gasteiger partial charge in [0.1, 0.15) is 5.75 Å². The van der Waals surface area contributed by atoms with Crippen molar-refractivity contribution in [3.8, 4) is 26.6 Å². The monoisotopic (exact) mass is 302 g/mol. The summed E-state index contributed by atoms with van der Waals surface area (Å²) in [5.74, 6) is 0.308. The van der Waals surface area contributed by atoms with Crippen LogP contribution in [0.4, 0.5) is 0 Å². The van der Waals surface area contributed by atoms with Crippen LogP contribution in [0.5, 0.6) is 5.75 Å². The fourth-order valence-corrected chi connectivity index (χ4v) is 3.64. The molecule has 0 aliphatic rings. The maximum absolute atomic E-state index is 9.55. The van der Waals surface area contributed by atoms with Crippen LogP contribution < -0.4 is 0 Å². The number of aromatic hydroxyl groups is 1. The van der Waals surface area contributed by atoms with Crippen LogP contribution in [0.2, 0.25) is 0 Å². The maximum Gasteiger partial charge on any atom is 0.116 e. The van der Waals surface area contributed by atoms with E-state index in [0.29, 0.717) is 5.75 Å². The van der Waals surface area contributed by atoms with Gasteiger partial charge in [0.2, 0.25) is 0 Å². The van der Waals surface area contributed by atoms with Crippen molar-refractivity contribution in [2.75, 3.05) is 0 Å². The van der Waals surface area contributed by atoms with E-state index in [2.05, 4.69) is 54.6 Å². The van der Waals surface area contributed by atoms with Gasteiger partial charge in [-0.05, 0) is 52.2 Å². The van der Waals surface area contributed by atoms with Gasteiger partial charge in [-0.15, -0.1) is 11.3 Å². The van der Waals surface area contributed by atoms with Gasteiger partial charge in [0.05, 0.1) is 0 Å². The topological polar surface area (TPSA) is 20.2 Å². The number of phenolic OH excluding ortho intramolecular Hbond substituents is 1. The summed E-state index contributed by atoms with van der Waals surface area (Å²) in [4.78, 5) is 2.54. The summed E-state index contributed by atoms with van der Waals surface area (Å²) in [6.07, 6.45) is 0. The second-order valence-electron chi connectivity index (χ2n) is 5.28. The number of fused-ring (bicyclic) bond motifs is 1. The van der Waals surface area contributed by atoms with Gasteiger partial charge in [-0.3, -0.25) is 0 Å². The molecule has 0 atom stereocenters. The highest BCUT2D eigenvalue weighted by Gasteiger charge is 2.06. The van der Waals surface area contributed by atoms with E-state index in [9.17, 15) is 5.11 Å². The van der Waals surface area contributed by atoms with Gasteiger partial charge in [0.25, 0.3) is 0 Å². The molecule has 0 unspecified atom stereocenters. The summed E-state index contributed by atoms with van der Waals surface area (Å²) < 4.78 is 0. The minimum Gasteiger partial charge on any atom is -0.508 e. The van der Waals surface area contributed by atoms with Gasteiger partial charge >= 0.3 is 0 Å². The predicted octanol–water partition coefficient (Wildman–Crippen LogP) is 5.94. The van der Waals surface area contributed by atoms with Crippen molar-refractivity contribution in [1.29, 1.82) is 0 Å². The van der Waals surface area contributed by atoms with Crippen LogP contribution in [0, 0.1) is 0 Å². The molecule has 0 aliphatic carbocycles. The van der Waals surface area contributed by atoms with Crippen molar-refractivity contribution >= 4 is 22.1 Å². The summed E-state index contributed by atoms with van der Waals surface area (Å²) in [6.45, 7) is 0. The molecule has 3 aromatic carbocycles. The summed E-state index contributed by atoms with van der Waals surface area (Å²) in [5, 5.41) is 11.8. The number of hydrogen-bond acceptors (Lipinski definition) is 2. The highest BCUT2D eigenvalue weighted by atomic mass is 32.1. The molecule has 0 radical (unpaired) electrons. The molecule has 106 valence electrons. The van der Waals surface area contributed by atoms with Crippen LogP contribution in [0.25, 0.3) is 31.7 Å². The molecule has 4 aromatic rings. The van der Waals surface area contributed by atoms with Gasteiger partial charge < -0.3 is 5.11 Å². The Balaban J connectivity index is 1.76. The van der Waals surface area contributed by atoms with E-state index in [1.807, 2.05) is 12.1 Å². The second-order valence-corrected chi connectivity index (χ2v) is 6.36. The third-order valence-corrected chi connectivity index (χ3v) is 4.96. The summed E-state index contributed by atoms with van der Waals surface area (Å²) in [7, 11) is 0. The molecular formula is C20H14OS. The van der Waals surface area contributed by atoms with Crippen molar-refractivity contribution in [2.45, 2.75) is 0 Å². The largest absolute Gasteiger partial charge is 0.508 e. The van der Waals surface area contributed by atoms with Crippen LogP contribution in [-0.4, -0.2) is 5.11 Å². The van der Waals surface area contributed by atoms with E-state index < -0.39 is 0 Å². The van der Waals surface area contributed by atoms with Crippen LogP contribution in [0.1, 0.15) is 0 Å². The summed E-state index contributed by atoms with van der Waals surface area (Å²) in [5.41, 5.74) is 2.47. The Morgan fingerprint density at radius 3 is 2.09 bits per heavy atom. The zero-order chi connectivity index (χ0) is 14.9. The van der Waals surface area contributed by atoms with Crippen LogP contribution in [0.3, 0.4) is 0 Å². The molecule has 1 nitrogen and oxygen atoms in total. The average Bonchev–Trinajstić information content (AvgIpc) is 3.05. The Kier molecular flexibility index (Phi) is 3.17. The molecule has 0 saturated heterocycles. The van der Waals surface area contributed by atoms with E-state index in [4.69, 9.17) is 0 Å². The lowest BCUT2D eigenvalue weighted by Crippen LogP contribution is -1.75. The van der Waals surface area contributed by atoms with Crippen LogP contribution in [-0.2, 0) is 0 Å². The Bertz CT molecular complexity index is 938. The number of benzene rings is 3. The Labute approximate surface area is 133 Å².